The van der Waals surface area contributed by atoms with Gasteiger partial charge in [-0.2, -0.15) is 0 Å². The van der Waals surface area contributed by atoms with Gasteiger partial charge in [0.2, 0.25) is 0 Å². The van der Waals surface area contributed by atoms with Crippen molar-refractivity contribution >= 4 is 0 Å². The van der Waals surface area contributed by atoms with E-state index in [1.165, 1.54) is 58.0 Å². The van der Waals surface area contributed by atoms with Crippen molar-refractivity contribution in [2.45, 2.75) is 71.3 Å². The van der Waals surface area contributed by atoms with E-state index in [2.05, 4.69) is 25.7 Å². The molecule has 0 spiro atoms. The largest absolute Gasteiger partial charge is 0.329 e. The van der Waals surface area contributed by atoms with Crippen LogP contribution in [0.2, 0.25) is 0 Å². The Balaban J connectivity index is 2.04. The molecule has 2 aliphatic rings. The molecule has 0 aromatic rings. The monoisotopic (exact) mass is 252 g/mol. The Morgan fingerprint density at radius 3 is 2.33 bits per heavy atom. The van der Waals surface area contributed by atoms with E-state index in [0.29, 0.717) is 11.0 Å². The number of nitrogens with zero attached hydrogens (tertiary/aromatic N) is 1. The number of piperidine rings is 1. The standard InChI is InChI=1S/C16H32N2/c1-4-14-6-10-18(11-7-14)16(13-17)9-5-8-15(2,3)12-16/h14H,4-13,17H2,1-3H3. The van der Waals surface area contributed by atoms with E-state index >= 15 is 0 Å². The van der Waals surface area contributed by atoms with E-state index < -0.39 is 0 Å². The van der Waals surface area contributed by atoms with Crippen LogP contribution >= 0.6 is 0 Å². The average molecular weight is 252 g/mol. The first-order chi connectivity index (χ1) is 8.51. The summed E-state index contributed by atoms with van der Waals surface area (Å²) >= 11 is 0. The van der Waals surface area contributed by atoms with Crippen LogP contribution in [0.15, 0.2) is 0 Å². The van der Waals surface area contributed by atoms with Crippen molar-refractivity contribution in [2.24, 2.45) is 17.1 Å². The summed E-state index contributed by atoms with van der Waals surface area (Å²) in [4.78, 5) is 2.75. The maximum absolute atomic E-state index is 6.22. The minimum atomic E-state index is 0.320. The first-order valence-electron chi connectivity index (χ1n) is 7.96. The molecule has 0 bridgehead atoms. The maximum atomic E-state index is 6.22. The van der Waals surface area contributed by atoms with Crippen molar-refractivity contribution in [3.05, 3.63) is 0 Å². The zero-order valence-electron chi connectivity index (χ0n) is 12.7. The van der Waals surface area contributed by atoms with E-state index in [-0.39, 0.29) is 0 Å². The van der Waals surface area contributed by atoms with Gasteiger partial charge in [-0.1, -0.05) is 33.6 Å². The summed E-state index contributed by atoms with van der Waals surface area (Å²) in [5, 5.41) is 0. The zero-order valence-corrected chi connectivity index (χ0v) is 12.7. The molecule has 2 fully saturated rings. The number of rotatable bonds is 3. The molecule has 106 valence electrons. The molecular formula is C16H32N2. The first kappa shape index (κ1) is 14.3. The summed E-state index contributed by atoms with van der Waals surface area (Å²) < 4.78 is 0. The van der Waals surface area contributed by atoms with E-state index in [1.807, 2.05) is 0 Å². The maximum Gasteiger partial charge on any atom is 0.0336 e. The summed E-state index contributed by atoms with van der Waals surface area (Å²) in [6.45, 7) is 10.6. The fraction of sp³-hybridized carbons (Fsp3) is 1.00. The molecule has 1 aliphatic heterocycles. The van der Waals surface area contributed by atoms with Gasteiger partial charge in [0.05, 0.1) is 0 Å². The van der Waals surface area contributed by atoms with Crippen molar-refractivity contribution in [2.75, 3.05) is 19.6 Å². The molecule has 0 aromatic carbocycles. The predicted molar refractivity (Wildman–Crippen MR) is 78.6 cm³/mol. The molecule has 2 nitrogen and oxygen atoms in total. The Hall–Kier alpha value is -0.0800. The van der Waals surface area contributed by atoms with Crippen LogP contribution in [0.5, 0.6) is 0 Å². The summed E-state index contributed by atoms with van der Waals surface area (Å²) in [5.41, 5.74) is 7.02. The van der Waals surface area contributed by atoms with Crippen LogP contribution in [-0.2, 0) is 0 Å². The molecule has 0 amide bonds. The van der Waals surface area contributed by atoms with Crippen molar-refractivity contribution in [3.8, 4) is 0 Å². The van der Waals surface area contributed by atoms with E-state index in [9.17, 15) is 0 Å². The van der Waals surface area contributed by atoms with E-state index in [4.69, 9.17) is 5.73 Å². The molecule has 1 aliphatic carbocycles. The lowest BCUT2D eigenvalue weighted by Gasteiger charge is -2.53. The Morgan fingerprint density at radius 2 is 1.83 bits per heavy atom. The Labute approximate surface area is 113 Å². The first-order valence-corrected chi connectivity index (χ1v) is 7.96. The molecule has 1 atom stereocenters. The van der Waals surface area contributed by atoms with Crippen LogP contribution in [0, 0.1) is 11.3 Å². The van der Waals surface area contributed by atoms with Crippen molar-refractivity contribution in [3.63, 3.8) is 0 Å². The second kappa shape index (κ2) is 5.50. The van der Waals surface area contributed by atoms with Crippen molar-refractivity contribution in [1.82, 2.24) is 4.90 Å². The molecule has 1 saturated heterocycles. The number of hydrogen-bond acceptors (Lipinski definition) is 2. The van der Waals surface area contributed by atoms with Gasteiger partial charge in [0, 0.05) is 12.1 Å². The highest BCUT2D eigenvalue weighted by atomic mass is 15.2. The molecule has 0 aromatic heterocycles. The summed E-state index contributed by atoms with van der Waals surface area (Å²) in [7, 11) is 0. The van der Waals surface area contributed by atoms with Gasteiger partial charge < -0.3 is 5.73 Å². The SMILES string of the molecule is CCC1CCN(C2(CN)CCCC(C)(C)C2)CC1. The topological polar surface area (TPSA) is 29.3 Å². The second-order valence-corrected chi connectivity index (χ2v) is 7.46. The smallest absolute Gasteiger partial charge is 0.0336 e. The molecule has 1 heterocycles. The van der Waals surface area contributed by atoms with Gasteiger partial charge in [0.1, 0.15) is 0 Å². The van der Waals surface area contributed by atoms with Gasteiger partial charge in [0.25, 0.3) is 0 Å². The lowest BCUT2D eigenvalue weighted by molar-refractivity contribution is -0.0108. The minimum Gasteiger partial charge on any atom is -0.329 e. The highest BCUT2D eigenvalue weighted by Gasteiger charge is 2.43. The quantitative estimate of drug-likeness (QED) is 0.834. The molecule has 1 saturated carbocycles. The highest BCUT2D eigenvalue weighted by Crippen LogP contribution is 2.44. The van der Waals surface area contributed by atoms with Crippen LogP contribution in [0.3, 0.4) is 0 Å². The van der Waals surface area contributed by atoms with Gasteiger partial charge in [-0.3, -0.25) is 4.90 Å². The second-order valence-electron chi connectivity index (χ2n) is 7.46. The number of likely N-dealkylation sites (tertiary alicyclic amines) is 1. The van der Waals surface area contributed by atoms with Crippen LogP contribution in [-0.4, -0.2) is 30.1 Å². The fourth-order valence-electron chi connectivity index (χ4n) is 4.35. The average Bonchev–Trinajstić information content (AvgIpc) is 2.37. The molecule has 1 unspecified atom stereocenters. The molecule has 0 radical (unpaired) electrons. The van der Waals surface area contributed by atoms with Gasteiger partial charge in [0.15, 0.2) is 0 Å². The molecule has 18 heavy (non-hydrogen) atoms. The van der Waals surface area contributed by atoms with Gasteiger partial charge in [-0.15, -0.1) is 0 Å². The van der Waals surface area contributed by atoms with E-state index in [0.717, 1.165) is 12.5 Å². The molecule has 2 rings (SSSR count). The lowest BCUT2D eigenvalue weighted by Crippen LogP contribution is -2.59. The van der Waals surface area contributed by atoms with Crippen LogP contribution in [0.4, 0.5) is 0 Å². The van der Waals surface area contributed by atoms with E-state index in [1.54, 1.807) is 0 Å². The Kier molecular flexibility index (Phi) is 4.38. The van der Waals surface area contributed by atoms with Gasteiger partial charge >= 0.3 is 0 Å². The fourth-order valence-corrected chi connectivity index (χ4v) is 4.35. The summed E-state index contributed by atoms with van der Waals surface area (Å²) in [6, 6.07) is 0. The third kappa shape index (κ3) is 2.91. The summed E-state index contributed by atoms with van der Waals surface area (Å²) in [6.07, 6.45) is 9.49. The highest BCUT2D eigenvalue weighted by molar-refractivity contribution is 5.00. The van der Waals surface area contributed by atoms with Gasteiger partial charge in [-0.25, -0.2) is 0 Å². The third-order valence-corrected chi connectivity index (χ3v) is 5.55. The zero-order chi connectivity index (χ0) is 13.2. The lowest BCUT2D eigenvalue weighted by atomic mass is 9.67. The number of nitrogens with two attached hydrogens (primary N) is 1. The third-order valence-electron chi connectivity index (χ3n) is 5.55. The number of hydrogen-bond donors (Lipinski definition) is 1. The van der Waals surface area contributed by atoms with Crippen LogP contribution in [0.1, 0.15) is 65.7 Å². The van der Waals surface area contributed by atoms with Crippen molar-refractivity contribution < 1.29 is 0 Å². The van der Waals surface area contributed by atoms with Crippen molar-refractivity contribution in [1.29, 1.82) is 0 Å². The Morgan fingerprint density at radius 1 is 1.17 bits per heavy atom. The molecule has 2 heteroatoms. The predicted octanol–water partition coefficient (Wildman–Crippen LogP) is 3.41. The van der Waals surface area contributed by atoms with Crippen LogP contribution < -0.4 is 5.73 Å². The molecular weight excluding hydrogens is 220 g/mol. The Bertz CT molecular complexity index is 266. The minimum absolute atomic E-state index is 0.320. The molecule has 2 N–H and O–H groups in total. The van der Waals surface area contributed by atoms with Gasteiger partial charge in [-0.05, 0) is 56.5 Å². The normalized spacial score (nSPS) is 34.7. The van der Waals surface area contributed by atoms with Crippen LogP contribution in [0.25, 0.3) is 0 Å². The summed E-state index contributed by atoms with van der Waals surface area (Å²) in [5.74, 6) is 0.965.